The molecule has 2 aliphatic heterocycles. The molecule has 0 radical (unpaired) electrons. The highest BCUT2D eigenvalue weighted by Gasteiger charge is 2.57. The number of likely N-dealkylation sites (N-methyl/N-ethyl adjacent to an activating group) is 1. The number of alkyl halides is 3. The standard InChI is InChI=1S/C11H16F3NO6S/c1-4-15-5-6(21-22(17,18)11(12,13)14)7-8(9(15)16)20-10(2,3)19-7/h6-8H,4-5H2,1-3H3/t6-,7-,8-/m1/s1. The van der Waals surface area contributed by atoms with Crippen LogP contribution < -0.4 is 0 Å². The largest absolute Gasteiger partial charge is 0.523 e. The van der Waals surface area contributed by atoms with Crippen molar-refractivity contribution in [3.8, 4) is 0 Å². The third-order valence-corrected chi connectivity index (χ3v) is 4.43. The Hall–Kier alpha value is -0.910. The van der Waals surface area contributed by atoms with Crippen LogP contribution in [0.5, 0.6) is 0 Å². The second kappa shape index (κ2) is 5.32. The van der Waals surface area contributed by atoms with Crippen molar-refractivity contribution in [1.29, 1.82) is 0 Å². The van der Waals surface area contributed by atoms with E-state index in [-0.39, 0.29) is 13.1 Å². The Labute approximate surface area is 125 Å². The first-order valence-electron chi connectivity index (χ1n) is 6.52. The fraction of sp³-hybridized carbons (Fsp3) is 0.909. The molecule has 3 atom stereocenters. The maximum Gasteiger partial charge on any atom is 0.523 e. The summed E-state index contributed by atoms with van der Waals surface area (Å²) in [7, 11) is -5.80. The van der Waals surface area contributed by atoms with Gasteiger partial charge in [-0.3, -0.25) is 8.98 Å². The van der Waals surface area contributed by atoms with Gasteiger partial charge in [0.25, 0.3) is 5.91 Å². The summed E-state index contributed by atoms with van der Waals surface area (Å²) in [5, 5.41) is 0. The second-order valence-electron chi connectivity index (χ2n) is 5.43. The Morgan fingerprint density at radius 1 is 1.36 bits per heavy atom. The van der Waals surface area contributed by atoms with E-state index in [2.05, 4.69) is 4.18 Å². The topological polar surface area (TPSA) is 82.1 Å². The summed E-state index contributed by atoms with van der Waals surface area (Å²) in [6.45, 7) is 4.41. The van der Waals surface area contributed by atoms with Crippen molar-refractivity contribution in [1.82, 2.24) is 4.90 Å². The first kappa shape index (κ1) is 17.4. The van der Waals surface area contributed by atoms with Gasteiger partial charge >= 0.3 is 15.6 Å². The Kier molecular flexibility index (Phi) is 4.22. The van der Waals surface area contributed by atoms with E-state index in [0.29, 0.717) is 0 Å². The minimum atomic E-state index is -5.80. The lowest BCUT2D eigenvalue weighted by Gasteiger charge is -2.37. The van der Waals surface area contributed by atoms with Crippen LogP contribution in [0.4, 0.5) is 13.2 Å². The molecule has 0 spiro atoms. The monoisotopic (exact) mass is 347 g/mol. The third-order valence-electron chi connectivity index (χ3n) is 3.37. The van der Waals surface area contributed by atoms with Gasteiger partial charge in [-0.1, -0.05) is 0 Å². The van der Waals surface area contributed by atoms with Crippen LogP contribution in [0.15, 0.2) is 0 Å². The maximum absolute atomic E-state index is 12.5. The number of amides is 1. The summed E-state index contributed by atoms with van der Waals surface area (Å²) in [5.41, 5.74) is -5.55. The highest BCUT2D eigenvalue weighted by atomic mass is 32.2. The molecule has 7 nitrogen and oxygen atoms in total. The second-order valence-corrected chi connectivity index (χ2v) is 7.00. The molecule has 0 aromatic carbocycles. The molecule has 11 heteroatoms. The van der Waals surface area contributed by atoms with Crippen LogP contribution in [0.1, 0.15) is 20.8 Å². The van der Waals surface area contributed by atoms with E-state index in [1.54, 1.807) is 6.92 Å². The molecule has 0 bridgehead atoms. The van der Waals surface area contributed by atoms with Crippen LogP contribution in [0.3, 0.4) is 0 Å². The van der Waals surface area contributed by atoms with Gasteiger partial charge in [0.05, 0.1) is 6.54 Å². The van der Waals surface area contributed by atoms with E-state index in [0.717, 1.165) is 0 Å². The lowest BCUT2D eigenvalue weighted by atomic mass is 10.0. The number of piperidine rings is 1. The van der Waals surface area contributed by atoms with Crippen molar-refractivity contribution in [2.75, 3.05) is 13.1 Å². The number of carbonyl (C=O) groups excluding carboxylic acids is 1. The normalized spacial score (nSPS) is 32.2. The zero-order valence-electron chi connectivity index (χ0n) is 12.1. The number of fused-ring (bicyclic) bond motifs is 1. The van der Waals surface area contributed by atoms with Crippen LogP contribution in [0, 0.1) is 0 Å². The number of rotatable bonds is 3. The molecule has 22 heavy (non-hydrogen) atoms. The van der Waals surface area contributed by atoms with Gasteiger partial charge in [-0.2, -0.15) is 21.6 Å². The smallest absolute Gasteiger partial charge is 0.341 e. The van der Waals surface area contributed by atoms with E-state index in [1.807, 2.05) is 0 Å². The predicted octanol–water partition coefficient (Wildman–Crippen LogP) is 0.603. The van der Waals surface area contributed by atoms with Crippen LogP contribution in [0.2, 0.25) is 0 Å². The predicted molar refractivity (Wildman–Crippen MR) is 65.9 cm³/mol. The Bertz CT molecular complexity index is 561. The molecule has 0 aromatic heterocycles. The van der Waals surface area contributed by atoms with Crippen LogP contribution >= 0.6 is 0 Å². The van der Waals surface area contributed by atoms with Crippen LogP contribution in [-0.2, 0) is 28.6 Å². The molecule has 0 saturated carbocycles. The highest BCUT2D eigenvalue weighted by Crippen LogP contribution is 2.37. The van der Waals surface area contributed by atoms with Gasteiger partial charge in [0.1, 0.15) is 12.2 Å². The molecule has 2 fully saturated rings. The van der Waals surface area contributed by atoms with Gasteiger partial charge in [0, 0.05) is 6.54 Å². The van der Waals surface area contributed by atoms with Gasteiger partial charge in [0.2, 0.25) is 0 Å². The van der Waals surface area contributed by atoms with Gasteiger partial charge in [-0.05, 0) is 20.8 Å². The van der Waals surface area contributed by atoms with E-state index < -0.39 is 45.6 Å². The molecule has 2 heterocycles. The molecule has 2 aliphatic rings. The van der Waals surface area contributed by atoms with Gasteiger partial charge in [-0.15, -0.1) is 0 Å². The van der Waals surface area contributed by atoms with Crippen LogP contribution in [-0.4, -0.2) is 61.9 Å². The van der Waals surface area contributed by atoms with E-state index >= 15 is 0 Å². The van der Waals surface area contributed by atoms with Gasteiger partial charge in [-0.25, -0.2) is 0 Å². The molecule has 2 saturated heterocycles. The maximum atomic E-state index is 12.5. The number of hydrogen-bond acceptors (Lipinski definition) is 6. The van der Waals surface area contributed by atoms with E-state index in [1.165, 1.54) is 18.7 Å². The van der Waals surface area contributed by atoms with Gasteiger partial charge < -0.3 is 14.4 Å². The minimum Gasteiger partial charge on any atom is -0.341 e. The van der Waals surface area contributed by atoms with Crippen molar-refractivity contribution >= 4 is 16.0 Å². The number of likely N-dealkylation sites (tertiary alicyclic amines) is 1. The number of hydrogen-bond donors (Lipinski definition) is 0. The van der Waals surface area contributed by atoms with Gasteiger partial charge in [0.15, 0.2) is 11.9 Å². The summed E-state index contributed by atoms with van der Waals surface area (Å²) in [5.74, 6) is -1.69. The Morgan fingerprint density at radius 2 is 1.95 bits per heavy atom. The Balaban J connectivity index is 2.29. The molecular formula is C11H16F3NO6S. The van der Waals surface area contributed by atoms with E-state index in [9.17, 15) is 26.4 Å². The quantitative estimate of drug-likeness (QED) is 0.549. The van der Waals surface area contributed by atoms with Crippen molar-refractivity contribution in [2.45, 2.75) is 50.4 Å². The first-order valence-corrected chi connectivity index (χ1v) is 7.93. The molecule has 2 rings (SSSR count). The number of ether oxygens (including phenoxy) is 2. The zero-order valence-corrected chi connectivity index (χ0v) is 12.9. The molecule has 128 valence electrons. The van der Waals surface area contributed by atoms with E-state index in [4.69, 9.17) is 9.47 Å². The Morgan fingerprint density at radius 3 is 2.45 bits per heavy atom. The zero-order chi connectivity index (χ0) is 16.9. The lowest BCUT2D eigenvalue weighted by Crippen LogP contribution is -2.59. The summed E-state index contributed by atoms with van der Waals surface area (Å²) in [6, 6.07) is 0. The molecular weight excluding hydrogens is 331 g/mol. The molecule has 0 aliphatic carbocycles. The minimum absolute atomic E-state index is 0.178. The molecule has 0 N–H and O–H groups in total. The average molecular weight is 347 g/mol. The average Bonchev–Trinajstić information content (AvgIpc) is 2.67. The number of nitrogens with zero attached hydrogens (tertiary/aromatic N) is 1. The third kappa shape index (κ3) is 3.07. The SMILES string of the molecule is CCN1C[C@@H](OS(=O)(=O)C(F)(F)F)[C@H]2OC(C)(C)O[C@H]2C1=O. The first-order chi connectivity index (χ1) is 9.88. The van der Waals surface area contributed by atoms with Crippen molar-refractivity contribution in [3.63, 3.8) is 0 Å². The summed E-state index contributed by atoms with van der Waals surface area (Å²) < 4.78 is 74.8. The number of halogens is 3. The highest BCUT2D eigenvalue weighted by molar-refractivity contribution is 7.87. The lowest BCUT2D eigenvalue weighted by molar-refractivity contribution is -0.159. The molecule has 0 unspecified atom stereocenters. The van der Waals surface area contributed by atoms with Crippen molar-refractivity contribution in [3.05, 3.63) is 0 Å². The fourth-order valence-electron chi connectivity index (χ4n) is 2.43. The molecule has 0 aromatic rings. The summed E-state index contributed by atoms with van der Waals surface area (Å²) in [6.07, 6.45) is -3.91. The molecule has 1 amide bonds. The summed E-state index contributed by atoms with van der Waals surface area (Å²) >= 11 is 0. The number of carbonyl (C=O) groups is 1. The fourth-order valence-corrected chi connectivity index (χ4v) is 3.04. The summed E-state index contributed by atoms with van der Waals surface area (Å²) in [4.78, 5) is 13.3. The van der Waals surface area contributed by atoms with Crippen molar-refractivity contribution < 1.29 is 40.0 Å². The van der Waals surface area contributed by atoms with Crippen molar-refractivity contribution in [2.24, 2.45) is 0 Å². The van der Waals surface area contributed by atoms with Crippen LogP contribution in [0.25, 0.3) is 0 Å².